The van der Waals surface area contributed by atoms with Crippen molar-refractivity contribution in [2.24, 2.45) is 5.10 Å². The van der Waals surface area contributed by atoms with Crippen molar-refractivity contribution in [3.8, 4) is 0 Å². The minimum atomic E-state index is -1.12. The van der Waals surface area contributed by atoms with Crippen LogP contribution in [0.5, 0.6) is 0 Å². The zero-order valence-corrected chi connectivity index (χ0v) is 9.25. The zero-order chi connectivity index (χ0) is 13.0. The summed E-state index contributed by atoms with van der Waals surface area (Å²) in [6, 6.07) is 3.46. The highest BCUT2D eigenvalue weighted by molar-refractivity contribution is 6.65. The van der Waals surface area contributed by atoms with Gasteiger partial charge in [0.25, 0.3) is 0 Å². The highest BCUT2D eigenvalue weighted by Crippen LogP contribution is 2.16. The molecule has 0 aliphatic rings. The lowest BCUT2D eigenvalue weighted by Gasteiger charge is -2.03. The van der Waals surface area contributed by atoms with Crippen LogP contribution in [0.4, 0.5) is 14.5 Å². The minimum absolute atomic E-state index is 0.245. The van der Waals surface area contributed by atoms with Crippen LogP contribution in [0.2, 0.25) is 0 Å². The lowest BCUT2D eigenvalue weighted by atomic mass is 10.2. The van der Waals surface area contributed by atoms with Crippen LogP contribution in [0.15, 0.2) is 23.3 Å². The van der Waals surface area contributed by atoms with Gasteiger partial charge >= 0.3 is 0 Å². The standard InChI is InChI=1S/C11H10F2N2O2/c1-6(16)11(7(2)17)15-14-9-5-3-4-8(12)10(9)13/h3-5,14H,1-2H3. The number of anilines is 1. The molecule has 0 atom stereocenters. The van der Waals surface area contributed by atoms with Crippen LogP contribution in [0.3, 0.4) is 0 Å². The van der Waals surface area contributed by atoms with E-state index in [2.05, 4.69) is 10.5 Å². The summed E-state index contributed by atoms with van der Waals surface area (Å²) in [6.07, 6.45) is 0. The third-order valence-corrected chi connectivity index (χ3v) is 1.91. The van der Waals surface area contributed by atoms with Gasteiger partial charge in [-0.2, -0.15) is 5.10 Å². The van der Waals surface area contributed by atoms with E-state index in [1.54, 1.807) is 0 Å². The number of hydrogen-bond donors (Lipinski definition) is 1. The van der Waals surface area contributed by atoms with Crippen LogP contribution in [0.25, 0.3) is 0 Å². The molecule has 4 nitrogen and oxygen atoms in total. The van der Waals surface area contributed by atoms with E-state index in [-0.39, 0.29) is 11.4 Å². The van der Waals surface area contributed by atoms with E-state index in [0.717, 1.165) is 19.9 Å². The van der Waals surface area contributed by atoms with Gasteiger partial charge in [0.05, 0.1) is 5.69 Å². The first-order valence-electron chi connectivity index (χ1n) is 4.73. The first-order chi connectivity index (χ1) is 7.93. The molecule has 90 valence electrons. The van der Waals surface area contributed by atoms with Crippen molar-refractivity contribution in [3.63, 3.8) is 0 Å². The number of Topliss-reactive ketones (excluding diaryl/α,β-unsaturated/α-hetero) is 2. The van der Waals surface area contributed by atoms with Gasteiger partial charge in [0, 0.05) is 13.8 Å². The highest BCUT2D eigenvalue weighted by Gasteiger charge is 2.12. The number of hydrazone groups is 1. The van der Waals surface area contributed by atoms with Crippen molar-refractivity contribution in [2.45, 2.75) is 13.8 Å². The second kappa shape index (κ2) is 5.29. The Balaban J connectivity index is 2.99. The van der Waals surface area contributed by atoms with Crippen LogP contribution in [0, 0.1) is 11.6 Å². The number of halogens is 2. The fourth-order valence-corrected chi connectivity index (χ4v) is 1.11. The molecule has 1 aromatic rings. The van der Waals surface area contributed by atoms with E-state index in [4.69, 9.17) is 0 Å². The fraction of sp³-hybridized carbons (Fsp3) is 0.182. The molecular weight excluding hydrogens is 230 g/mol. The number of nitrogens with zero attached hydrogens (tertiary/aromatic N) is 1. The van der Waals surface area contributed by atoms with Gasteiger partial charge in [-0.25, -0.2) is 8.78 Å². The zero-order valence-electron chi connectivity index (χ0n) is 9.25. The molecular formula is C11H10F2N2O2. The van der Waals surface area contributed by atoms with Crippen molar-refractivity contribution in [2.75, 3.05) is 5.43 Å². The van der Waals surface area contributed by atoms with E-state index in [0.29, 0.717) is 0 Å². The SMILES string of the molecule is CC(=O)C(=NNc1cccc(F)c1F)C(C)=O. The first kappa shape index (κ1) is 13.0. The fourth-order valence-electron chi connectivity index (χ4n) is 1.11. The van der Waals surface area contributed by atoms with Crippen LogP contribution >= 0.6 is 0 Å². The predicted octanol–water partition coefficient (Wildman–Crippen LogP) is 1.91. The summed E-state index contributed by atoms with van der Waals surface area (Å²) in [5, 5.41) is 3.46. The van der Waals surface area contributed by atoms with Gasteiger partial charge < -0.3 is 0 Å². The third kappa shape index (κ3) is 3.17. The van der Waals surface area contributed by atoms with Crippen LogP contribution in [-0.2, 0) is 9.59 Å². The van der Waals surface area contributed by atoms with Crippen LogP contribution < -0.4 is 5.43 Å². The Morgan fingerprint density at radius 1 is 1.18 bits per heavy atom. The molecule has 0 aromatic heterocycles. The monoisotopic (exact) mass is 240 g/mol. The summed E-state index contributed by atoms with van der Waals surface area (Å²) in [5.74, 6) is -3.27. The Hall–Kier alpha value is -2.11. The van der Waals surface area contributed by atoms with Gasteiger partial charge in [-0.3, -0.25) is 15.0 Å². The molecule has 6 heteroatoms. The summed E-state index contributed by atoms with van der Waals surface area (Å²) in [5.41, 5.74) is 1.55. The van der Waals surface area contributed by atoms with Gasteiger partial charge in [0.15, 0.2) is 28.9 Å². The number of rotatable bonds is 4. The Labute approximate surface area is 96.3 Å². The number of carbonyl (C=O) groups excluding carboxylic acids is 2. The second-order valence-electron chi connectivity index (χ2n) is 3.29. The number of nitrogens with one attached hydrogen (secondary N) is 1. The normalized spacial score (nSPS) is 9.65. The molecule has 1 aromatic carbocycles. The largest absolute Gasteiger partial charge is 0.293 e. The van der Waals surface area contributed by atoms with E-state index in [9.17, 15) is 18.4 Å². The lowest BCUT2D eigenvalue weighted by molar-refractivity contribution is -0.114. The van der Waals surface area contributed by atoms with Crippen molar-refractivity contribution >= 4 is 23.0 Å². The smallest absolute Gasteiger partial charge is 0.183 e. The molecule has 0 radical (unpaired) electrons. The second-order valence-corrected chi connectivity index (χ2v) is 3.29. The molecule has 0 saturated carbocycles. The molecule has 0 bridgehead atoms. The summed E-state index contributed by atoms with van der Waals surface area (Å²) in [6.45, 7) is 2.31. The van der Waals surface area contributed by atoms with Gasteiger partial charge in [-0.15, -0.1) is 0 Å². The summed E-state index contributed by atoms with van der Waals surface area (Å²) in [7, 11) is 0. The Kier molecular flexibility index (Phi) is 4.03. The van der Waals surface area contributed by atoms with Crippen molar-refractivity contribution in [1.29, 1.82) is 0 Å². The maximum absolute atomic E-state index is 13.2. The van der Waals surface area contributed by atoms with Gasteiger partial charge in [-0.05, 0) is 12.1 Å². The maximum Gasteiger partial charge on any atom is 0.183 e. The number of carbonyl (C=O) groups is 2. The molecule has 0 amide bonds. The summed E-state index contributed by atoms with van der Waals surface area (Å²) in [4.78, 5) is 22.0. The Morgan fingerprint density at radius 3 is 2.29 bits per heavy atom. The highest BCUT2D eigenvalue weighted by atomic mass is 19.2. The molecule has 0 aliphatic heterocycles. The average molecular weight is 240 g/mol. The topological polar surface area (TPSA) is 58.5 Å². The van der Waals surface area contributed by atoms with E-state index in [1.807, 2.05) is 0 Å². The third-order valence-electron chi connectivity index (χ3n) is 1.91. The minimum Gasteiger partial charge on any atom is -0.293 e. The van der Waals surface area contributed by atoms with Crippen LogP contribution in [-0.4, -0.2) is 17.3 Å². The molecule has 17 heavy (non-hydrogen) atoms. The van der Waals surface area contributed by atoms with Gasteiger partial charge in [0.2, 0.25) is 0 Å². The van der Waals surface area contributed by atoms with E-state index >= 15 is 0 Å². The molecule has 1 rings (SSSR count). The Bertz CT molecular complexity index is 482. The van der Waals surface area contributed by atoms with Crippen molar-refractivity contribution in [1.82, 2.24) is 0 Å². The lowest BCUT2D eigenvalue weighted by Crippen LogP contribution is -2.20. The van der Waals surface area contributed by atoms with Gasteiger partial charge in [0.1, 0.15) is 0 Å². The van der Waals surface area contributed by atoms with Gasteiger partial charge in [-0.1, -0.05) is 6.07 Å². The van der Waals surface area contributed by atoms with Crippen LogP contribution in [0.1, 0.15) is 13.8 Å². The van der Waals surface area contributed by atoms with Crippen molar-refractivity contribution in [3.05, 3.63) is 29.8 Å². The molecule has 0 fully saturated rings. The molecule has 0 heterocycles. The van der Waals surface area contributed by atoms with E-state index in [1.165, 1.54) is 12.1 Å². The average Bonchev–Trinajstić information content (AvgIpc) is 2.23. The summed E-state index contributed by atoms with van der Waals surface area (Å²) < 4.78 is 26.0. The maximum atomic E-state index is 13.2. The number of hydrogen-bond acceptors (Lipinski definition) is 4. The number of benzene rings is 1. The molecule has 0 saturated heterocycles. The number of ketones is 2. The quantitative estimate of drug-likeness (QED) is 0.497. The summed E-state index contributed by atoms with van der Waals surface area (Å²) >= 11 is 0. The molecule has 0 unspecified atom stereocenters. The first-order valence-corrected chi connectivity index (χ1v) is 4.73. The Morgan fingerprint density at radius 2 is 1.76 bits per heavy atom. The predicted molar refractivity (Wildman–Crippen MR) is 58.8 cm³/mol. The molecule has 1 N–H and O–H groups in total. The van der Waals surface area contributed by atoms with Crippen molar-refractivity contribution < 1.29 is 18.4 Å². The molecule has 0 aliphatic carbocycles. The molecule has 0 spiro atoms. The van der Waals surface area contributed by atoms with E-state index < -0.39 is 23.2 Å².